The quantitative estimate of drug-likeness (QED) is 0.653. The molecular formula is C20H22Cl2N2O3S2. The van der Waals surface area contributed by atoms with Gasteiger partial charge in [0.15, 0.2) is 0 Å². The van der Waals surface area contributed by atoms with Crippen molar-refractivity contribution in [3.8, 4) is 0 Å². The predicted octanol–water partition coefficient (Wildman–Crippen LogP) is 4.83. The van der Waals surface area contributed by atoms with Crippen LogP contribution in [0.2, 0.25) is 10.0 Å². The first-order valence-corrected chi connectivity index (χ1v) is 12.6. The number of hydrogen-bond acceptors (Lipinski definition) is 4. The van der Waals surface area contributed by atoms with Crippen LogP contribution in [0.3, 0.4) is 0 Å². The van der Waals surface area contributed by atoms with E-state index in [9.17, 15) is 13.2 Å². The van der Waals surface area contributed by atoms with Gasteiger partial charge >= 0.3 is 0 Å². The smallest absolute Gasteiger partial charge is 0.265 e. The molecule has 0 aromatic heterocycles. The molecule has 2 aromatic rings. The Kier molecular flexibility index (Phi) is 7.37. The Balaban J connectivity index is 1.96. The number of amides is 1. The molecule has 0 bridgehead atoms. The molecule has 1 heterocycles. The van der Waals surface area contributed by atoms with Crippen LogP contribution in [0.1, 0.15) is 30.1 Å². The van der Waals surface area contributed by atoms with Crippen LogP contribution in [0.5, 0.6) is 0 Å². The summed E-state index contributed by atoms with van der Waals surface area (Å²) in [4.78, 5) is 12.6. The molecule has 1 saturated heterocycles. The molecule has 1 fully saturated rings. The zero-order valence-corrected chi connectivity index (χ0v) is 19.0. The molecule has 29 heavy (non-hydrogen) atoms. The van der Waals surface area contributed by atoms with Gasteiger partial charge in [-0.15, -0.1) is 0 Å². The largest absolute Gasteiger partial charge is 0.349 e. The van der Waals surface area contributed by atoms with Crippen molar-refractivity contribution in [3.63, 3.8) is 0 Å². The highest BCUT2D eigenvalue weighted by molar-refractivity contribution is 7.99. The van der Waals surface area contributed by atoms with Crippen LogP contribution in [0.15, 0.2) is 47.4 Å². The van der Waals surface area contributed by atoms with Crippen molar-refractivity contribution >= 4 is 56.6 Å². The van der Waals surface area contributed by atoms with Crippen molar-refractivity contribution in [2.75, 3.05) is 22.4 Å². The maximum absolute atomic E-state index is 13.3. The van der Waals surface area contributed by atoms with Gasteiger partial charge in [-0.2, -0.15) is 11.8 Å². The number of sulfonamides is 1. The van der Waals surface area contributed by atoms with Crippen LogP contribution >= 0.6 is 35.0 Å². The summed E-state index contributed by atoms with van der Waals surface area (Å²) in [6.45, 7) is 1.95. The van der Waals surface area contributed by atoms with Gasteiger partial charge in [0.05, 0.1) is 21.3 Å². The van der Waals surface area contributed by atoms with E-state index in [1.165, 1.54) is 16.4 Å². The van der Waals surface area contributed by atoms with Crippen LogP contribution in [-0.2, 0) is 10.0 Å². The Morgan fingerprint density at radius 3 is 2.41 bits per heavy atom. The second-order valence-electron chi connectivity index (χ2n) is 6.63. The summed E-state index contributed by atoms with van der Waals surface area (Å²) in [5.74, 6) is 1.59. The number of rotatable bonds is 6. The van der Waals surface area contributed by atoms with E-state index in [0.717, 1.165) is 24.3 Å². The second-order valence-corrected chi connectivity index (χ2v) is 10.5. The summed E-state index contributed by atoms with van der Waals surface area (Å²) in [5.41, 5.74) is 0.628. The predicted molar refractivity (Wildman–Crippen MR) is 121 cm³/mol. The average molecular weight is 473 g/mol. The minimum Gasteiger partial charge on any atom is -0.349 e. The molecule has 156 valence electrons. The van der Waals surface area contributed by atoms with Crippen LogP contribution in [0.4, 0.5) is 5.69 Å². The average Bonchev–Trinajstić information content (AvgIpc) is 2.69. The molecule has 2 aromatic carbocycles. The Morgan fingerprint density at radius 1 is 1.14 bits per heavy atom. The summed E-state index contributed by atoms with van der Waals surface area (Å²) in [5, 5.41) is 3.07. The van der Waals surface area contributed by atoms with Crippen molar-refractivity contribution in [2.45, 2.75) is 30.7 Å². The molecule has 0 aliphatic carbocycles. The van der Waals surface area contributed by atoms with E-state index in [1.54, 1.807) is 31.2 Å². The molecule has 9 heteroatoms. The van der Waals surface area contributed by atoms with E-state index in [2.05, 4.69) is 5.32 Å². The van der Waals surface area contributed by atoms with E-state index in [-0.39, 0.29) is 39.0 Å². The molecule has 0 spiro atoms. The maximum atomic E-state index is 13.3. The Morgan fingerprint density at radius 2 is 1.79 bits per heavy atom. The number of benzene rings is 2. The van der Waals surface area contributed by atoms with Crippen LogP contribution in [0, 0.1) is 0 Å². The third kappa shape index (κ3) is 5.02. The molecule has 1 aliphatic heterocycles. The fraction of sp³-hybridized carbons (Fsp3) is 0.350. The summed E-state index contributed by atoms with van der Waals surface area (Å²) in [7, 11) is -3.98. The highest BCUT2D eigenvalue weighted by Crippen LogP contribution is 2.33. The van der Waals surface area contributed by atoms with Crippen LogP contribution in [-0.4, -0.2) is 38.4 Å². The number of nitrogens with one attached hydrogen (secondary N) is 1. The first-order chi connectivity index (χ1) is 13.8. The van der Waals surface area contributed by atoms with Crippen molar-refractivity contribution in [2.24, 2.45) is 0 Å². The molecule has 0 radical (unpaired) electrons. The van der Waals surface area contributed by atoms with E-state index >= 15 is 0 Å². The van der Waals surface area contributed by atoms with Gasteiger partial charge in [-0.05, 0) is 55.5 Å². The Bertz CT molecular complexity index is 979. The summed E-state index contributed by atoms with van der Waals surface area (Å²) >= 11 is 14.3. The molecule has 1 amide bonds. The maximum Gasteiger partial charge on any atom is 0.265 e. The normalized spacial score (nSPS) is 15.1. The van der Waals surface area contributed by atoms with Gasteiger partial charge in [0.1, 0.15) is 4.90 Å². The Hall–Kier alpha value is -1.41. The van der Waals surface area contributed by atoms with E-state index in [4.69, 9.17) is 23.2 Å². The highest BCUT2D eigenvalue weighted by atomic mass is 35.5. The zero-order valence-electron chi connectivity index (χ0n) is 15.9. The van der Waals surface area contributed by atoms with Crippen LogP contribution < -0.4 is 9.62 Å². The van der Waals surface area contributed by atoms with Crippen molar-refractivity contribution in [3.05, 3.63) is 58.1 Å². The lowest BCUT2D eigenvalue weighted by Crippen LogP contribution is -2.37. The zero-order chi connectivity index (χ0) is 21.0. The summed E-state index contributed by atoms with van der Waals surface area (Å²) in [6, 6.07) is 11.4. The van der Waals surface area contributed by atoms with Gasteiger partial charge in [-0.1, -0.05) is 41.4 Å². The van der Waals surface area contributed by atoms with E-state index < -0.39 is 10.0 Å². The standard InChI is InChI=1S/C20H22Cl2N2O3S2/c1-2-24(15-6-4-3-5-7-15)29(26,27)19-12-16(17(21)13-18(19)22)20(25)23-14-8-10-28-11-9-14/h3-7,12-14H,2,8-11H2,1H3,(H,23,25). The number of halogens is 2. The van der Waals surface area contributed by atoms with Gasteiger partial charge in [-0.25, -0.2) is 8.42 Å². The first-order valence-electron chi connectivity index (χ1n) is 9.30. The molecule has 1 aliphatic rings. The fourth-order valence-corrected chi connectivity index (χ4v) is 6.63. The lowest BCUT2D eigenvalue weighted by Gasteiger charge is -2.25. The molecule has 0 saturated carbocycles. The summed E-state index contributed by atoms with van der Waals surface area (Å²) < 4.78 is 27.9. The van der Waals surface area contributed by atoms with Crippen molar-refractivity contribution in [1.29, 1.82) is 0 Å². The molecule has 0 atom stereocenters. The van der Waals surface area contributed by atoms with Gasteiger partial charge in [0.2, 0.25) is 0 Å². The summed E-state index contributed by atoms with van der Waals surface area (Å²) in [6.07, 6.45) is 1.76. The van der Waals surface area contributed by atoms with Gasteiger partial charge in [0.25, 0.3) is 15.9 Å². The minimum absolute atomic E-state index is 0.0185. The fourth-order valence-electron chi connectivity index (χ4n) is 3.21. The minimum atomic E-state index is -3.98. The number of hydrogen-bond donors (Lipinski definition) is 1. The third-order valence-corrected chi connectivity index (χ3v) is 8.45. The lowest BCUT2D eigenvalue weighted by atomic mass is 10.1. The SMILES string of the molecule is CCN(c1ccccc1)S(=O)(=O)c1cc(C(=O)NC2CCSCC2)c(Cl)cc1Cl. The van der Waals surface area contributed by atoms with Gasteiger partial charge < -0.3 is 5.32 Å². The number of thioether (sulfide) groups is 1. The number of anilines is 1. The number of carbonyl (C=O) groups is 1. The first kappa shape index (κ1) is 22.3. The molecule has 3 rings (SSSR count). The topological polar surface area (TPSA) is 66.5 Å². The van der Waals surface area contributed by atoms with E-state index in [0.29, 0.717) is 5.69 Å². The van der Waals surface area contributed by atoms with Gasteiger partial charge in [-0.3, -0.25) is 9.10 Å². The Labute approximate surface area is 185 Å². The molecular weight excluding hydrogens is 451 g/mol. The third-order valence-electron chi connectivity index (χ3n) is 4.72. The number of nitrogens with zero attached hydrogens (tertiary/aromatic N) is 1. The van der Waals surface area contributed by atoms with Crippen molar-refractivity contribution < 1.29 is 13.2 Å². The lowest BCUT2D eigenvalue weighted by molar-refractivity contribution is 0.0935. The number of para-hydroxylation sites is 1. The highest BCUT2D eigenvalue weighted by Gasteiger charge is 2.29. The van der Waals surface area contributed by atoms with E-state index in [1.807, 2.05) is 17.8 Å². The van der Waals surface area contributed by atoms with Crippen molar-refractivity contribution in [1.82, 2.24) is 5.32 Å². The van der Waals surface area contributed by atoms with Gasteiger partial charge in [0, 0.05) is 12.6 Å². The second kappa shape index (κ2) is 9.60. The molecule has 0 unspecified atom stereocenters. The van der Waals surface area contributed by atoms with Crippen LogP contribution in [0.25, 0.3) is 0 Å². The number of carbonyl (C=O) groups excluding carboxylic acids is 1. The molecule has 5 nitrogen and oxygen atoms in total. The molecule has 1 N–H and O–H groups in total. The monoisotopic (exact) mass is 472 g/mol.